The number of nitrogens with zero attached hydrogens (tertiary/aromatic N) is 2. The lowest BCUT2D eigenvalue weighted by molar-refractivity contribution is -0.137. The molecule has 1 amide bonds. The minimum atomic E-state index is -4.59. The van der Waals surface area contributed by atoms with Gasteiger partial charge in [0.2, 0.25) is 0 Å². The molecule has 0 unspecified atom stereocenters. The normalized spacial score (nSPS) is 11.2. The number of nitriles is 1. The van der Waals surface area contributed by atoms with Crippen LogP contribution in [0, 0.1) is 18.3 Å². The second kappa shape index (κ2) is 8.08. The van der Waals surface area contributed by atoms with E-state index in [1.807, 2.05) is 6.07 Å². The Hall–Kier alpha value is -3.51. The fraction of sp³-hybridized carbons (Fsp3) is 0.0952. The lowest BCUT2D eigenvalue weighted by Gasteiger charge is -2.17. The molecule has 0 spiro atoms. The van der Waals surface area contributed by atoms with Gasteiger partial charge < -0.3 is 5.73 Å². The van der Waals surface area contributed by atoms with E-state index in [9.17, 15) is 22.8 Å². The van der Waals surface area contributed by atoms with Gasteiger partial charge in [-0.15, -0.1) is 0 Å². The number of pyridine rings is 1. The smallest absolute Gasteiger partial charge is 0.365 e. The number of alkyl halides is 3. The molecule has 0 aliphatic heterocycles. The van der Waals surface area contributed by atoms with Crippen molar-refractivity contribution in [3.63, 3.8) is 0 Å². The molecule has 152 valence electrons. The van der Waals surface area contributed by atoms with Crippen molar-refractivity contribution < 1.29 is 18.0 Å². The molecule has 0 aliphatic rings. The summed E-state index contributed by atoms with van der Waals surface area (Å²) < 4.78 is 40.4. The van der Waals surface area contributed by atoms with Gasteiger partial charge in [-0.2, -0.15) is 18.4 Å². The topological polar surface area (TPSA) is 88.9 Å². The van der Waals surface area contributed by atoms with E-state index in [2.05, 4.69) is 0 Å². The minimum Gasteiger partial charge on any atom is -0.365 e. The van der Waals surface area contributed by atoms with Crippen LogP contribution in [0.2, 0.25) is 0 Å². The number of nitrogens with two attached hydrogens (primary N) is 1. The largest absolute Gasteiger partial charge is 0.416 e. The van der Waals surface area contributed by atoms with Gasteiger partial charge in [0.1, 0.15) is 5.56 Å². The van der Waals surface area contributed by atoms with E-state index in [0.29, 0.717) is 21.0 Å². The molecule has 0 radical (unpaired) electrons. The van der Waals surface area contributed by atoms with Crippen LogP contribution in [-0.4, -0.2) is 10.5 Å². The summed E-state index contributed by atoms with van der Waals surface area (Å²) in [6.45, 7) is 1.57. The number of hydrogen-bond acceptors (Lipinski definition) is 4. The Balaban J connectivity index is 2.19. The first-order chi connectivity index (χ1) is 14.1. The van der Waals surface area contributed by atoms with Crippen molar-refractivity contribution in [2.45, 2.75) is 22.9 Å². The van der Waals surface area contributed by atoms with Crippen molar-refractivity contribution in [3.8, 4) is 11.8 Å². The summed E-state index contributed by atoms with van der Waals surface area (Å²) >= 11 is 1.19. The molecule has 0 saturated carbocycles. The third-order valence-electron chi connectivity index (χ3n) is 4.31. The maximum atomic E-state index is 13.1. The lowest BCUT2D eigenvalue weighted by Crippen LogP contribution is -2.30. The summed E-state index contributed by atoms with van der Waals surface area (Å²) in [6, 6.07) is 14.2. The summed E-state index contributed by atoms with van der Waals surface area (Å²) in [5, 5.41) is 8.91. The van der Waals surface area contributed by atoms with Crippen molar-refractivity contribution in [1.82, 2.24) is 4.57 Å². The third kappa shape index (κ3) is 4.23. The number of amides is 1. The number of aromatic nitrogens is 1. The molecule has 9 heteroatoms. The molecule has 30 heavy (non-hydrogen) atoms. The van der Waals surface area contributed by atoms with E-state index < -0.39 is 23.2 Å². The van der Waals surface area contributed by atoms with Crippen molar-refractivity contribution in [2.75, 3.05) is 0 Å². The first-order valence-electron chi connectivity index (χ1n) is 8.54. The monoisotopic (exact) mass is 429 g/mol. The van der Waals surface area contributed by atoms with Crippen LogP contribution in [0.5, 0.6) is 0 Å². The average Bonchev–Trinajstić information content (AvgIpc) is 2.70. The Kier molecular flexibility index (Phi) is 5.71. The standard InChI is InChI=1S/C21H14F3N3O2S/c1-12-18(30-16-7-5-13(11-25)6-8-16)10-17(19(26)28)20(29)27(12)15-4-2-3-14(9-15)21(22,23)24/h2-10H,1H3,(H2,26,28). The fourth-order valence-electron chi connectivity index (χ4n) is 2.82. The van der Waals surface area contributed by atoms with Gasteiger partial charge in [0.05, 0.1) is 17.2 Å². The van der Waals surface area contributed by atoms with Gasteiger partial charge in [-0.25, -0.2) is 0 Å². The van der Waals surface area contributed by atoms with Crippen molar-refractivity contribution >= 4 is 17.7 Å². The Labute approximate surface area is 173 Å². The fourth-order valence-corrected chi connectivity index (χ4v) is 3.76. The van der Waals surface area contributed by atoms with E-state index in [4.69, 9.17) is 11.0 Å². The zero-order valence-electron chi connectivity index (χ0n) is 15.5. The van der Waals surface area contributed by atoms with Crippen molar-refractivity contribution in [2.24, 2.45) is 5.73 Å². The second-order valence-electron chi connectivity index (χ2n) is 6.30. The van der Waals surface area contributed by atoms with Crippen LogP contribution in [0.3, 0.4) is 0 Å². The molecular formula is C21H14F3N3O2S. The summed E-state index contributed by atoms with van der Waals surface area (Å²) in [5.74, 6) is -0.984. The highest BCUT2D eigenvalue weighted by atomic mass is 32.2. The molecule has 0 saturated heterocycles. The number of carbonyl (C=O) groups is 1. The highest BCUT2D eigenvalue weighted by Crippen LogP contribution is 2.33. The van der Waals surface area contributed by atoms with Crippen molar-refractivity contribution in [3.05, 3.63) is 87.3 Å². The molecule has 2 N–H and O–H groups in total. The minimum absolute atomic E-state index is 0.0305. The molecular weight excluding hydrogens is 415 g/mol. The molecule has 1 aromatic heterocycles. The van der Waals surface area contributed by atoms with Crippen LogP contribution < -0.4 is 11.3 Å². The Morgan fingerprint density at radius 3 is 2.37 bits per heavy atom. The maximum absolute atomic E-state index is 13.1. The average molecular weight is 429 g/mol. The molecule has 0 fully saturated rings. The van der Waals surface area contributed by atoms with Gasteiger partial charge >= 0.3 is 6.18 Å². The van der Waals surface area contributed by atoms with Crippen LogP contribution in [0.1, 0.15) is 27.2 Å². The quantitative estimate of drug-likeness (QED) is 0.670. The van der Waals surface area contributed by atoms with Crippen molar-refractivity contribution in [1.29, 1.82) is 5.26 Å². The van der Waals surface area contributed by atoms with E-state index in [1.54, 1.807) is 31.2 Å². The summed E-state index contributed by atoms with van der Waals surface area (Å²) in [7, 11) is 0. The second-order valence-corrected chi connectivity index (χ2v) is 7.41. The number of hydrogen-bond donors (Lipinski definition) is 1. The lowest BCUT2D eigenvalue weighted by atomic mass is 10.1. The highest BCUT2D eigenvalue weighted by Gasteiger charge is 2.31. The highest BCUT2D eigenvalue weighted by molar-refractivity contribution is 7.99. The third-order valence-corrected chi connectivity index (χ3v) is 5.45. The number of benzene rings is 2. The van der Waals surface area contributed by atoms with Gasteiger partial charge in [0, 0.05) is 21.2 Å². The van der Waals surface area contributed by atoms with Crippen LogP contribution in [-0.2, 0) is 6.18 Å². The predicted molar refractivity (Wildman–Crippen MR) is 106 cm³/mol. The number of halogens is 3. The SMILES string of the molecule is Cc1c(Sc2ccc(C#N)cc2)cc(C(N)=O)c(=O)n1-c1cccc(C(F)(F)F)c1. The van der Waals surface area contributed by atoms with Crippen LogP contribution in [0.15, 0.2) is 69.2 Å². The zero-order chi connectivity index (χ0) is 22.1. The van der Waals surface area contributed by atoms with Gasteiger partial charge in [0.25, 0.3) is 11.5 Å². The number of carbonyl (C=O) groups excluding carboxylic acids is 1. The molecule has 2 aromatic carbocycles. The summed E-state index contributed by atoms with van der Waals surface area (Å²) in [4.78, 5) is 25.8. The molecule has 3 rings (SSSR count). The van der Waals surface area contributed by atoms with Crippen LogP contribution in [0.25, 0.3) is 5.69 Å². The van der Waals surface area contributed by atoms with E-state index >= 15 is 0 Å². The predicted octanol–water partition coefficient (Wildman–Crippen LogP) is 4.29. The van der Waals surface area contributed by atoms with Crippen LogP contribution in [0.4, 0.5) is 13.2 Å². The summed E-state index contributed by atoms with van der Waals surface area (Å²) in [6.07, 6.45) is -4.59. The zero-order valence-corrected chi connectivity index (χ0v) is 16.3. The van der Waals surface area contributed by atoms with Gasteiger partial charge in [-0.1, -0.05) is 17.8 Å². The molecule has 5 nitrogen and oxygen atoms in total. The Morgan fingerprint density at radius 1 is 1.13 bits per heavy atom. The van der Waals surface area contributed by atoms with E-state index in [0.717, 1.165) is 16.7 Å². The van der Waals surface area contributed by atoms with Gasteiger partial charge in [-0.3, -0.25) is 14.2 Å². The van der Waals surface area contributed by atoms with E-state index in [1.165, 1.54) is 30.0 Å². The number of rotatable bonds is 4. The molecule has 3 aromatic rings. The van der Waals surface area contributed by atoms with E-state index in [-0.39, 0.29) is 11.3 Å². The Bertz CT molecular complexity index is 1230. The molecule has 0 bridgehead atoms. The van der Waals surface area contributed by atoms with Gasteiger partial charge in [0.15, 0.2) is 0 Å². The first-order valence-corrected chi connectivity index (χ1v) is 9.35. The molecule has 0 aliphatic carbocycles. The number of primary amides is 1. The maximum Gasteiger partial charge on any atom is 0.416 e. The summed E-state index contributed by atoms with van der Waals surface area (Å²) in [5.41, 5.74) is 4.05. The molecule has 0 atom stereocenters. The van der Waals surface area contributed by atoms with Gasteiger partial charge in [-0.05, 0) is 55.5 Å². The molecule has 1 heterocycles. The van der Waals surface area contributed by atoms with Crippen LogP contribution >= 0.6 is 11.8 Å². The Morgan fingerprint density at radius 2 is 1.80 bits per heavy atom. The first kappa shape index (κ1) is 21.2.